The highest BCUT2D eigenvalue weighted by atomic mass is 16.2. The fraction of sp³-hybridized carbons (Fsp3) is 0.458. The standard InChI is InChI=1S/C24H27N3O3/c28-20(9-6-17-4-2-1-3-5-17)26-13-10-25(11-14-26)12-15-27-23(29)21-18-7-8-19(16-18)22(21)24(27)30/h1-9,18-19,21-22H,10-16H2/b9-6+/t18-,19-,21-,22+/m0/s1. The predicted octanol–water partition coefficient (Wildman–Crippen LogP) is 1.65. The van der Waals surface area contributed by atoms with Crippen LogP contribution >= 0.6 is 0 Å². The highest BCUT2D eigenvalue weighted by Gasteiger charge is 2.59. The summed E-state index contributed by atoms with van der Waals surface area (Å²) in [6.07, 6.45) is 8.70. The molecule has 4 atom stereocenters. The van der Waals surface area contributed by atoms with Gasteiger partial charge in [-0.2, -0.15) is 0 Å². The lowest BCUT2D eigenvalue weighted by Crippen LogP contribution is -2.50. The average molecular weight is 405 g/mol. The summed E-state index contributed by atoms with van der Waals surface area (Å²) < 4.78 is 0. The van der Waals surface area contributed by atoms with Crippen molar-refractivity contribution in [2.24, 2.45) is 23.7 Å². The van der Waals surface area contributed by atoms with Crippen molar-refractivity contribution in [2.45, 2.75) is 6.42 Å². The second-order valence-electron chi connectivity index (χ2n) is 8.74. The minimum absolute atomic E-state index is 0.0270. The Labute approximate surface area is 176 Å². The van der Waals surface area contributed by atoms with Crippen LogP contribution in [0.25, 0.3) is 6.08 Å². The van der Waals surface area contributed by atoms with Gasteiger partial charge in [0.15, 0.2) is 0 Å². The third-order valence-corrected chi connectivity index (χ3v) is 7.10. The van der Waals surface area contributed by atoms with Gasteiger partial charge in [0.2, 0.25) is 17.7 Å². The Morgan fingerprint density at radius 1 is 0.900 bits per heavy atom. The number of carbonyl (C=O) groups is 3. The maximum absolute atomic E-state index is 12.8. The molecule has 4 aliphatic rings. The van der Waals surface area contributed by atoms with E-state index in [1.807, 2.05) is 41.3 Å². The molecular weight excluding hydrogens is 378 g/mol. The first-order chi connectivity index (χ1) is 14.6. The highest BCUT2D eigenvalue weighted by molar-refractivity contribution is 6.06. The Morgan fingerprint density at radius 3 is 2.17 bits per heavy atom. The molecular formula is C24H27N3O3. The fourth-order valence-electron chi connectivity index (χ4n) is 5.45. The van der Waals surface area contributed by atoms with Crippen LogP contribution in [0.5, 0.6) is 0 Å². The highest BCUT2D eigenvalue weighted by Crippen LogP contribution is 2.52. The van der Waals surface area contributed by atoms with Crippen molar-refractivity contribution in [1.82, 2.24) is 14.7 Å². The summed E-state index contributed by atoms with van der Waals surface area (Å²) in [4.78, 5) is 43.6. The Kier molecular flexibility index (Phi) is 5.03. The van der Waals surface area contributed by atoms with Gasteiger partial charge in [0.25, 0.3) is 0 Å². The lowest BCUT2D eigenvalue weighted by Gasteiger charge is -2.34. The first-order valence-corrected chi connectivity index (χ1v) is 10.9. The van der Waals surface area contributed by atoms with Crippen molar-refractivity contribution in [3.05, 3.63) is 54.1 Å². The third-order valence-electron chi connectivity index (χ3n) is 7.10. The topological polar surface area (TPSA) is 60.9 Å². The smallest absolute Gasteiger partial charge is 0.246 e. The molecule has 5 rings (SSSR count). The van der Waals surface area contributed by atoms with E-state index in [1.165, 1.54) is 4.90 Å². The quantitative estimate of drug-likeness (QED) is 0.425. The predicted molar refractivity (Wildman–Crippen MR) is 113 cm³/mol. The van der Waals surface area contributed by atoms with Crippen molar-refractivity contribution in [3.63, 3.8) is 0 Å². The molecule has 2 bridgehead atoms. The molecule has 1 aromatic rings. The molecule has 6 nitrogen and oxygen atoms in total. The van der Waals surface area contributed by atoms with E-state index in [0.29, 0.717) is 26.2 Å². The van der Waals surface area contributed by atoms with E-state index in [0.717, 1.165) is 25.1 Å². The number of hydrogen-bond donors (Lipinski definition) is 0. The minimum atomic E-state index is -0.113. The third kappa shape index (κ3) is 3.39. The van der Waals surface area contributed by atoms with Crippen LogP contribution in [0.3, 0.4) is 0 Å². The molecule has 156 valence electrons. The zero-order valence-corrected chi connectivity index (χ0v) is 17.0. The Balaban J connectivity index is 1.10. The summed E-state index contributed by atoms with van der Waals surface area (Å²) in [5.41, 5.74) is 1.01. The number of likely N-dealkylation sites (tertiary alicyclic amines) is 1. The van der Waals surface area contributed by atoms with Crippen molar-refractivity contribution in [2.75, 3.05) is 39.3 Å². The maximum atomic E-state index is 12.8. The fourth-order valence-corrected chi connectivity index (χ4v) is 5.45. The van der Waals surface area contributed by atoms with Crippen LogP contribution in [0, 0.1) is 23.7 Å². The second kappa shape index (κ2) is 7.84. The molecule has 1 saturated carbocycles. The largest absolute Gasteiger partial charge is 0.337 e. The van der Waals surface area contributed by atoms with E-state index in [2.05, 4.69) is 17.1 Å². The van der Waals surface area contributed by atoms with Gasteiger partial charge in [-0.1, -0.05) is 42.5 Å². The molecule has 6 heteroatoms. The van der Waals surface area contributed by atoms with Crippen LogP contribution in [0.4, 0.5) is 0 Å². The van der Waals surface area contributed by atoms with Gasteiger partial charge in [-0.25, -0.2) is 0 Å². The average Bonchev–Trinajstić information content (AvgIpc) is 3.46. The molecule has 0 N–H and O–H groups in total. The summed E-state index contributed by atoms with van der Waals surface area (Å²) in [5.74, 6) is 0.388. The Bertz CT molecular complexity index is 872. The lowest BCUT2D eigenvalue weighted by atomic mass is 9.85. The normalized spacial score (nSPS) is 30.7. The molecule has 30 heavy (non-hydrogen) atoms. The van der Waals surface area contributed by atoms with Gasteiger partial charge >= 0.3 is 0 Å². The van der Waals surface area contributed by atoms with Crippen molar-refractivity contribution >= 4 is 23.8 Å². The lowest BCUT2D eigenvalue weighted by molar-refractivity contribution is -0.141. The van der Waals surface area contributed by atoms with Crippen LogP contribution in [-0.4, -0.2) is 71.7 Å². The summed E-state index contributed by atoms with van der Waals surface area (Å²) in [5, 5.41) is 0. The number of imide groups is 1. The number of rotatable bonds is 5. The molecule has 0 aromatic heterocycles. The molecule has 0 spiro atoms. The number of carbonyl (C=O) groups excluding carboxylic acids is 3. The molecule has 2 aliphatic carbocycles. The van der Waals surface area contributed by atoms with Crippen molar-refractivity contribution in [1.29, 1.82) is 0 Å². The molecule has 0 unspecified atom stereocenters. The van der Waals surface area contributed by atoms with Gasteiger partial charge in [0, 0.05) is 45.3 Å². The van der Waals surface area contributed by atoms with Gasteiger partial charge in [0.05, 0.1) is 11.8 Å². The van der Waals surface area contributed by atoms with Gasteiger partial charge in [-0.3, -0.25) is 24.2 Å². The van der Waals surface area contributed by atoms with E-state index in [9.17, 15) is 14.4 Å². The van der Waals surface area contributed by atoms with E-state index in [-0.39, 0.29) is 41.4 Å². The number of allylic oxidation sites excluding steroid dienone is 2. The van der Waals surface area contributed by atoms with E-state index in [4.69, 9.17) is 0 Å². The summed E-state index contributed by atoms with van der Waals surface area (Å²) >= 11 is 0. The number of fused-ring (bicyclic) bond motifs is 5. The molecule has 3 fully saturated rings. The van der Waals surface area contributed by atoms with E-state index in [1.54, 1.807) is 6.08 Å². The van der Waals surface area contributed by atoms with Crippen LogP contribution in [0.1, 0.15) is 12.0 Å². The zero-order chi connectivity index (χ0) is 20.7. The van der Waals surface area contributed by atoms with Gasteiger partial charge in [-0.15, -0.1) is 0 Å². The van der Waals surface area contributed by atoms with Crippen LogP contribution in [-0.2, 0) is 14.4 Å². The van der Waals surface area contributed by atoms with E-state index >= 15 is 0 Å². The number of hydrogen-bond acceptors (Lipinski definition) is 4. The summed E-state index contributed by atoms with van der Waals surface area (Å²) in [6, 6.07) is 9.80. The molecule has 1 aromatic carbocycles. The van der Waals surface area contributed by atoms with Crippen molar-refractivity contribution in [3.8, 4) is 0 Å². The summed E-state index contributed by atoms with van der Waals surface area (Å²) in [7, 11) is 0. The SMILES string of the molecule is O=C(/C=C/c1ccccc1)N1CCN(CCN2C(=O)[C@@H]3[C@H](C2=O)[C@H]2C=C[C@H]3C2)CC1. The zero-order valence-electron chi connectivity index (χ0n) is 17.0. The molecule has 2 aliphatic heterocycles. The first-order valence-electron chi connectivity index (χ1n) is 10.9. The van der Waals surface area contributed by atoms with E-state index < -0.39 is 0 Å². The first kappa shape index (κ1) is 19.2. The summed E-state index contributed by atoms with van der Waals surface area (Å²) in [6.45, 7) is 4.01. The molecule has 0 radical (unpaired) electrons. The van der Waals surface area contributed by atoms with Gasteiger partial charge < -0.3 is 4.90 Å². The van der Waals surface area contributed by atoms with Crippen LogP contribution < -0.4 is 0 Å². The number of nitrogens with zero attached hydrogens (tertiary/aromatic N) is 3. The second-order valence-corrected chi connectivity index (χ2v) is 8.74. The molecule has 2 saturated heterocycles. The minimum Gasteiger partial charge on any atom is -0.337 e. The maximum Gasteiger partial charge on any atom is 0.246 e. The van der Waals surface area contributed by atoms with Gasteiger partial charge in [-0.05, 0) is 29.9 Å². The number of piperazine rings is 1. The molecule has 3 amide bonds. The number of amides is 3. The van der Waals surface area contributed by atoms with Crippen LogP contribution in [0.2, 0.25) is 0 Å². The Morgan fingerprint density at radius 2 is 1.53 bits per heavy atom. The van der Waals surface area contributed by atoms with Crippen LogP contribution in [0.15, 0.2) is 48.6 Å². The monoisotopic (exact) mass is 405 g/mol. The molecule has 2 heterocycles. The van der Waals surface area contributed by atoms with Gasteiger partial charge in [0.1, 0.15) is 0 Å². The van der Waals surface area contributed by atoms with Crippen molar-refractivity contribution < 1.29 is 14.4 Å². The number of benzene rings is 1. The Hall–Kier alpha value is -2.73.